The number of pyridine rings is 1. The van der Waals surface area contributed by atoms with Crippen molar-refractivity contribution in [2.45, 2.75) is 0 Å². The molecule has 0 aliphatic rings. The molecule has 4 heteroatoms. The molecular formula is C11H8ClFN2. The standard InChI is InChI=1S/C11H8ClFN2/c12-10-2-1-7(13)5-9(10)11-6-8(14)3-4-15-11/h1-6H,(H2,14,15). The number of nitrogens with zero attached hydrogens (tertiary/aromatic N) is 1. The quantitative estimate of drug-likeness (QED) is 0.805. The van der Waals surface area contributed by atoms with Crippen molar-refractivity contribution in [3.05, 3.63) is 47.4 Å². The van der Waals surface area contributed by atoms with Gasteiger partial charge in [-0.1, -0.05) is 11.6 Å². The summed E-state index contributed by atoms with van der Waals surface area (Å²) in [6.07, 6.45) is 1.56. The number of benzene rings is 1. The Bertz CT molecular complexity index is 500. The number of nitrogen functional groups attached to an aromatic ring is 1. The third-order valence-corrected chi connectivity index (χ3v) is 2.32. The molecule has 1 aromatic heterocycles. The zero-order valence-corrected chi connectivity index (χ0v) is 8.50. The predicted octanol–water partition coefficient (Wildman–Crippen LogP) is 3.12. The first kappa shape index (κ1) is 9.93. The molecule has 1 aromatic carbocycles. The van der Waals surface area contributed by atoms with Gasteiger partial charge in [-0.3, -0.25) is 4.98 Å². The van der Waals surface area contributed by atoms with Crippen LogP contribution in [-0.2, 0) is 0 Å². The molecule has 0 bridgehead atoms. The average molecular weight is 223 g/mol. The molecule has 0 atom stereocenters. The van der Waals surface area contributed by atoms with Crippen LogP contribution in [0.1, 0.15) is 0 Å². The van der Waals surface area contributed by atoms with Crippen molar-refractivity contribution < 1.29 is 4.39 Å². The van der Waals surface area contributed by atoms with Crippen LogP contribution in [0, 0.1) is 5.82 Å². The monoisotopic (exact) mass is 222 g/mol. The lowest BCUT2D eigenvalue weighted by Gasteiger charge is -2.04. The molecule has 2 aromatic rings. The van der Waals surface area contributed by atoms with E-state index >= 15 is 0 Å². The smallest absolute Gasteiger partial charge is 0.123 e. The van der Waals surface area contributed by atoms with Crippen LogP contribution in [0.15, 0.2) is 36.5 Å². The summed E-state index contributed by atoms with van der Waals surface area (Å²) in [5.41, 5.74) is 7.29. The van der Waals surface area contributed by atoms with Crippen LogP contribution in [0.4, 0.5) is 10.1 Å². The van der Waals surface area contributed by atoms with E-state index in [1.165, 1.54) is 18.2 Å². The lowest BCUT2D eigenvalue weighted by atomic mass is 10.1. The minimum atomic E-state index is -0.348. The topological polar surface area (TPSA) is 38.9 Å². The molecule has 1 heterocycles. The van der Waals surface area contributed by atoms with Gasteiger partial charge in [-0.25, -0.2) is 4.39 Å². The minimum Gasteiger partial charge on any atom is -0.399 e. The fourth-order valence-corrected chi connectivity index (χ4v) is 1.50. The maximum absolute atomic E-state index is 13.0. The molecule has 0 radical (unpaired) electrons. The second kappa shape index (κ2) is 3.87. The van der Waals surface area contributed by atoms with Gasteiger partial charge in [0.05, 0.1) is 10.7 Å². The average Bonchev–Trinajstić information content (AvgIpc) is 2.22. The maximum Gasteiger partial charge on any atom is 0.123 e. The van der Waals surface area contributed by atoms with Gasteiger partial charge in [0.25, 0.3) is 0 Å². The van der Waals surface area contributed by atoms with Gasteiger partial charge in [0.1, 0.15) is 5.82 Å². The van der Waals surface area contributed by atoms with E-state index in [-0.39, 0.29) is 5.82 Å². The van der Waals surface area contributed by atoms with Crippen molar-refractivity contribution in [3.63, 3.8) is 0 Å². The fourth-order valence-electron chi connectivity index (χ4n) is 1.29. The fraction of sp³-hybridized carbons (Fsp3) is 0. The number of rotatable bonds is 1. The van der Waals surface area contributed by atoms with Gasteiger partial charge in [0.15, 0.2) is 0 Å². The highest BCUT2D eigenvalue weighted by Crippen LogP contribution is 2.27. The lowest BCUT2D eigenvalue weighted by Crippen LogP contribution is -1.89. The summed E-state index contributed by atoms with van der Waals surface area (Å²) in [4.78, 5) is 4.08. The summed E-state index contributed by atoms with van der Waals surface area (Å²) in [5.74, 6) is -0.348. The van der Waals surface area contributed by atoms with Gasteiger partial charge in [0.2, 0.25) is 0 Å². The molecule has 2 nitrogen and oxygen atoms in total. The summed E-state index contributed by atoms with van der Waals surface area (Å²) in [5, 5.41) is 0.453. The van der Waals surface area contributed by atoms with Crippen LogP contribution in [0.5, 0.6) is 0 Å². The molecule has 0 fully saturated rings. The summed E-state index contributed by atoms with van der Waals surface area (Å²) in [6, 6.07) is 7.46. The van der Waals surface area contributed by atoms with Gasteiger partial charge in [-0.05, 0) is 30.3 Å². The van der Waals surface area contributed by atoms with E-state index in [2.05, 4.69) is 4.98 Å². The second-order valence-electron chi connectivity index (χ2n) is 3.10. The highest BCUT2D eigenvalue weighted by atomic mass is 35.5. The van der Waals surface area contributed by atoms with E-state index in [1.807, 2.05) is 0 Å². The molecule has 0 aliphatic heterocycles. The van der Waals surface area contributed by atoms with Gasteiger partial charge < -0.3 is 5.73 Å². The van der Waals surface area contributed by atoms with E-state index in [4.69, 9.17) is 17.3 Å². The molecule has 0 amide bonds. The first-order valence-corrected chi connectivity index (χ1v) is 4.71. The number of halogens is 2. The SMILES string of the molecule is Nc1ccnc(-c2cc(F)ccc2Cl)c1. The normalized spacial score (nSPS) is 10.3. The molecule has 0 saturated heterocycles. The minimum absolute atomic E-state index is 0.348. The highest BCUT2D eigenvalue weighted by molar-refractivity contribution is 6.33. The Hall–Kier alpha value is -1.61. The molecule has 15 heavy (non-hydrogen) atoms. The van der Waals surface area contributed by atoms with E-state index < -0.39 is 0 Å². The summed E-state index contributed by atoms with van der Waals surface area (Å²) in [6.45, 7) is 0. The maximum atomic E-state index is 13.0. The summed E-state index contributed by atoms with van der Waals surface area (Å²) < 4.78 is 13.0. The largest absolute Gasteiger partial charge is 0.399 e. The Labute approximate surface area is 91.5 Å². The molecule has 0 spiro atoms. The van der Waals surface area contributed by atoms with Crippen molar-refractivity contribution >= 4 is 17.3 Å². The van der Waals surface area contributed by atoms with E-state index in [9.17, 15) is 4.39 Å². The molecule has 0 aliphatic carbocycles. The number of aromatic nitrogens is 1. The molecule has 76 valence electrons. The Morgan fingerprint density at radius 3 is 2.73 bits per heavy atom. The zero-order chi connectivity index (χ0) is 10.8. The van der Waals surface area contributed by atoms with Crippen LogP contribution >= 0.6 is 11.6 Å². The predicted molar refractivity (Wildman–Crippen MR) is 59.1 cm³/mol. The number of anilines is 1. The van der Waals surface area contributed by atoms with Crippen LogP contribution in [-0.4, -0.2) is 4.98 Å². The van der Waals surface area contributed by atoms with Crippen LogP contribution in [0.25, 0.3) is 11.3 Å². The van der Waals surface area contributed by atoms with Gasteiger partial charge in [0, 0.05) is 17.4 Å². The first-order valence-electron chi connectivity index (χ1n) is 4.34. The molecular weight excluding hydrogens is 215 g/mol. The highest BCUT2D eigenvalue weighted by Gasteiger charge is 2.06. The van der Waals surface area contributed by atoms with Crippen LogP contribution < -0.4 is 5.73 Å². The number of hydrogen-bond donors (Lipinski definition) is 1. The Morgan fingerprint density at radius 2 is 2.00 bits per heavy atom. The van der Waals surface area contributed by atoms with Crippen LogP contribution in [0.2, 0.25) is 5.02 Å². The summed E-state index contributed by atoms with van der Waals surface area (Å²) in [7, 11) is 0. The van der Waals surface area contributed by atoms with Crippen molar-refractivity contribution in [2.75, 3.05) is 5.73 Å². The Balaban J connectivity index is 2.58. The van der Waals surface area contributed by atoms with E-state index in [0.29, 0.717) is 22.0 Å². The van der Waals surface area contributed by atoms with E-state index in [0.717, 1.165) is 0 Å². The van der Waals surface area contributed by atoms with E-state index in [1.54, 1.807) is 18.3 Å². The van der Waals surface area contributed by atoms with Gasteiger partial charge in [-0.2, -0.15) is 0 Å². The number of hydrogen-bond acceptors (Lipinski definition) is 2. The molecule has 2 rings (SSSR count). The van der Waals surface area contributed by atoms with Crippen LogP contribution in [0.3, 0.4) is 0 Å². The first-order chi connectivity index (χ1) is 7.16. The van der Waals surface area contributed by atoms with Crippen molar-refractivity contribution in [1.29, 1.82) is 0 Å². The molecule has 0 saturated carbocycles. The number of nitrogens with two attached hydrogens (primary N) is 1. The van der Waals surface area contributed by atoms with Gasteiger partial charge in [-0.15, -0.1) is 0 Å². The van der Waals surface area contributed by atoms with Crippen molar-refractivity contribution in [1.82, 2.24) is 4.98 Å². The zero-order valence-electron chi connectivity index (χ0n) is 7.74. The Morgan fingerprint density at radius 1 is 1.20 bits per heavy atom. The van der Waals surface area contributed by atoms with Gasteiger partial charge >= 0.3 is 0 Å². The molecule has 2 N–H and O–H groups in total. The van der Waals surface area contributed by atoms with Crippen molar-refractivity contribution in [3.8, 4) is 11.3 Å². The second-order valence-corrected chi connectivity index (χ2v) is 3.51. The third kappa shape index (κ3) is 2.07. The third-order valence-electron chi connectivity index (χ3n) is 1.99. The Kier molecular flexibility index (Phi) is 2.56. The lowest BCUT2D eigenvalue weighted by molar-refractivity contribution is 0.628. The summed E-state index contributed by atoms with van der Waals surface area (Å²) >= 11 is 5.94. The molecule has 0 unspecified atom stereocenters. The van der Waals surface area contributed by atoms with Crippen molar-refractivity contribution in [2.24, 2.45) is 0 Å².